The molecule has 0 aliphatic rings. The highest BCUT2D eigenvalue weighted by Gasteiger charge is 2.19. The molecular weight excluding hydrogens is 328 g/mol. The van der Waals surface area contributed by atoms with Crippen LogP contribution in [0, 0.1) is 0 Å². The Balaban J connectivity index is 1.96. The molecule has 2 N–H and O–H groups in total. The smallest absolute Gasteiger partial charge is 0.387 e. The predicted molar refractivity (Wildman–Crippen MR) is 90.5 cm³/mol. The Kier molecular flexibility index (Phi) is 6.89. The van der Waals surface area contributed by atoms with Gasteiger partial charge in [-0.15, -0.1) is 0 Å². The number of ether oxygens (including phenoxy) is 1. The van der Waals surface area contributed by atoms with Crippen molar-refractivity contribution in [2.45, 2.75) is 32.0 Å². The first kappa shape index (κ1) is 18.9. The zero-order valence-corrected chi connectivity index (χ0v) is 13.9. The van der Waals surface area contributed by atoms with Gasteiger partial charge in [-0.2, -0.15) is 8.78 Å². The van der Waals surface area contributed by atoms with Crippen molar-refractivity contribution >= 4 is 5.91 Å². The molecule has 2 rings (SSSR count). The first-order valence-electron chi connectivity index (χ1n) is 8.06. The zero-order valence-electron chi connectivity index (χ0n) is 13.9. The maximum absolute atomic E-state index is 12.4. The largest absolute Gasteiger partial charge is 0.435 e. The average molecular weight is 349 g/mol. The molecule has 0 heterocycles. The van der Waals surface area contributed by atoms with Gasteiger partial charge in [-0.1, -0.05) is 49.4 Å². The molecule has 0 aromatic heterocycles. The van der Waals surface area contributed by atoms with E-state index in [1.54, 1.807) is 6.07 Å². The summed E-state index contributed by atoms with van der Waals surface area (Å²) in [6.45, 7) is -1.03. The van der Waals surface area contributed by atoms with Gasteiger partial charge in [0, 0.05) is 6.54 Å². The summed E-state index contributed by atoms with van der Waals surface area (Å²) >= 11 is 0. The quantitative estimate of drug-likeness (QED) is 0.765. The van der Waals surface area contributed by atoms with Crippen LogP contribution in [0.5, 0.6) is 5.75 Å². The Morgan fingerprint density at radius 3 is 2.44 bits per heavy atom. The second kappa shape index (κ2) is 9.13. The van der Waals surface area contributed by atoms with Gasteiger partial charge >= 0.3 is 6.61 Å². The van der Waals surface area contributed by atoms with Crippen molar-refractivity contribution in [3.63, 3.8) is 0 Å². The highest BCUT2D eigenvalue weighted by atomic mass is 19.3. The first-order valence-corrected chi connectivity index (χ1v) is 8.06. The summed E-state index contributed by atoms with van der Waals surface area (Å²) in [6, 6.07) is 15.2. The minimum absolute atomic E-state index is 0.0136. The Hall–Kier alpha value is -2.47. The molecule has 0 radical (unpaired) electrons. The summed E-state index contributed by atoms with van der Waals surface area (Å²) in [5.74, 6) is -0.525. The van der Waals surface area contributed by atoms with E-state index in [1.165, 1.54) is 18.2 Å². The van der Waals surface area contributed by atoms with Crippen LogP contribution in [-0.4, -0.2) is 24.2 Å². The van der Waals surface area contributed by atoms with Crippen LogP contribution in [-0.2, 0) is 4.79 Å². The third-order valence-electron chi connectivity index (χ3n) is 3.86. The van der Waals surface area contributed by atoms with Crippen LogP contribution in [0.3, 0.4) is 0 Å². The van der Waals surface area contributed by atoms with E-state index in [-0.39, 0.29) is 24.1 Å². The van der Waals surface area contributed by atoms with Crippen LogP contribution in [0.1, 0.15) is 36.5 Å². The number of hydrogen-bond donors (Lipinski definition) is 2. The Morgan fingerprint density at radius 1 is 1.12 bits per heavy atom. The van der Waals surface area contributed by atoms with Crippen LogP contribution in [0.15, 0.2) is 54.6 Å². The number of carbonyl (C=O) groups excluding carboxylic acids is 1. The predicted octanol–water partition coefficient (Wildman–Crippen LogP) is 3.63. The van der Waals surface area contributed by atoms with Crippen LogP contribution < -0.4 is 10.1 Å². The van der Waals surface area contributed by atoms with Crippen molar-refractivity contribution in [3.05, 3.63) is 65.7 Å². The minimum atomic E-state index is -2.93. The Labute approximate surface area is 145 Å². The first-order chi connectivity index (χ1) is 12.0. The van der Waals surface area contributed by atoms with E-state index in [0.29, 0.717) is 12.0 Å². The second-order valence-electron chi connectivity index (χ2n) is 5.58. The van der Waals surface area contributed by atoms with Gasteiger partial charge in [0.2, 0.25) is 5.91 Å². The van der Waals surface area contributed by atoms with Crippen LogP contribution in [0.25, 0.3) is 0 Å². The number of carbonyl (C=O) groups is 1. The number of rotatable bonds is 8. The molecule has 0 saturated carbocycles. The summed E-state index contributed by atoms with van der Waals surface area (Å²) in [5, 5.41) is 12.9. The maximum Gasteiger partial charge on any atom is 0.387 e. The third kappa shape index (κ3) is 5.53. The Bertz CT molecular complexity index is 679. The molecule has 2 unspecified atom stereocenters. The molecule has 0 spiro atoms. The van der Waals surface area contributed by atoms with Gasteiger partial charge in [-0.05, 0) is 29.7 Å². The van der Waals surface area contributed by atoms with Crippen molar-refractivity contribution in [1.82, 2.24) is 5.32 Å². The van der Waals surface area contributed by atoms with E-state index in [2.05, 4.69) is 10.1 Å². The summed E-state index contributed by atoms with van der Waals surface area (Å²) in [4.78, 5) is 12.4. The lowest BCUT2D eigenvalue weighted by molar-refractivity contribution is -0.123. The third-order valence-corrected chi connectivity index (χ3v) is 3.86. The van der Waals surface area contributed by atoms with E-state index in [1.807, 2.05) is 37.3 Å². The van der Waals surface area contributed by atoms with Crippen molar-refractivity contribution in [1.29, 1.82) is 0 Å². The number of nitrogens with one attached hydrogen (secondary N) is 1. The van der Waals surface area contributed by atoms with Gasteiger partial charge in [0.1, 0.15) is 5.75 Å². The minimum Gasteiger partial charge on any atom is -0.435 e. The number of benzene rings is 2. The van der Waals surface area contributed by atoms with Crippen LogP contribution in [0.4, 0.5) is 8.78 Å². The van der Waals surface area contributed by atoms with Crippen LogP contribution >= 0.6 is 0 Å². The lowest BCUT2D eigenvalue weighted by Gasteiger charge is -2.18. The highest BCUT2D eigenvalue weighted by Crippen LogP contribution is 2.22. The fourth-order valence-electron chi connectivity index (χ4n) is 2.59. The summed E-state index contributed by atoms with van der Waals surface area (Å²) < 4.78 is 28.8. The van der Waals surface area contributed by atoms with Crippen molar-refractivity contribution in [2.24, 2.45) is 0 Å². The van der Waals surface area contributed by atoms with Gasteiger partial charge in [-0.3, -0.25) is 4.79 Å². The van der Waals surface area contributed by atoms with E-state index in [9.17, 15) is 18.7 Å². The van der Waals surface area contributed by atoms with Crippen molar-refractivity contribution in [3.8, 4) is 5.75 Å². The van der Waals surface area contributed by atoms with E-state index < -0.39 is 12.7 Å². The van der Waals surface area contributed by atoms with E-state index in [0.717, 1.165) is 5.56 Å². The monoisotopic (exact) mass is 349 g/mol. The van der Waals surface area contributed by atoms with E-state index >= 15 is 0 Å². The summed E-state index contributed by atoms with van der Waals surface area (Å²) in [6.07, 6.45) is -0.387. The normalized spacial score (nSPS) is 13.3. The number of alkyl halides is 2. The number of hydrogen-bond acceptors (Lipinski definition) is 3. The van der Waals surface area contributed by atoms with Gasteiger partial charge in [-0.25, -0.2) is 0 Å². The highest BCUT2D eigenvalue weighted by molar-refractivity contribution is 5.83. The number of aliphatic hydroxyl groups excluding tert-OH is 1. The Morgan fingerprint density at radius 2 is 1.80 bits per heavy atom. The average Bonchev–Trinajstić information content (AvgIpc) is 2.61. The molecule has 0 aliphatic carbocycles. The standard InChI is InChI=1S/C19H21F2NO3/c1-2-16(13-7-4-3-5-8-13)18(24)22-12-17(23)14-9-6-10-15(11-14)25-19(20)21/h3-11,16-17,19,23H,2,12H2,1H3,(H,22,24). The zero-order chi connectivity index (χ0) is 18.2. The second-order valence-corrected chi connectivity index (χ2v) is 5.58. The molecule has 134 valence electrons. The SMILES string of the molecule is CCC(C(=O)NCC(O)c1cccc(OC(F)F)c1)c1ccccc1. The van der Waals surface area contributed by atoms with Crippen molar-refractivity contribution < 1.29 is 23.4 Å². The molecule has 0 fully saturated rings. The van der Waals surface area contributed by atoms with Gasteiger partial charge in [0.05, 0.1) is 12.0 Å². The fourth-order valence-corrected chi connectivity index (χ4v) is 2.59. The van der Waals surface area contributed by atoms with E-state index in [4.69, 9.17) is 0 Å². The molecule has 25 heavy (non-hydrogen) atoms. The van der Waals surface area contributed by atoms with Crippen molar-refractivity contribution in [2.75, 3.05) is 6.54 Å². The topological polar surface area (TPSA) is 58.6 Å². The molecule has 2 aromatic carbocycles. The molecule has 0 aliphatic heterocycles. The van der Waals surface area contributed by atoms with Gasteiger partial charge < -0.3 is 15.2 Å². The molecule has 4 nitrogen and oxygen atoms in total. The molecule has 2 atom stereocenters. The number of halogens is 2. The molecule has 1 amide bonds. The molecule has 0 saturated heterocycles. The number of aliphatic hydroxyl groups is 1. The fraction of sp³-hybridized carbons (Fsp3) is 0.316. The lowest BCUT2D eigenvalue weighted by atomic mass is 9.95. The number of amides is 1. The van der Waals surface area contributed by atoms with Crippen LogP contribution in [0.2, 0.25) is 0 Å². The molecule has 6 heteroatoms. The molecule has 2 aromatic rings. The lowest BCUT2D eigenvalue weighted by Crippen LogP contribution is -2.32. The van der Waals surface area contributed by atoms with Gasteiger partial charge in [0.15, 0.2) is 0 Å². The summed E-state index contributed by atoms with van der Waals surface area (Å²) in [7, 11) is 0. The molecule has 0 bridgehead atoms. The molecular formula is C19H21F2NO3. The maximum atomic E-state index is 12.4. The van der Waals surface area contributed by atoms with Gasteiger partial charge in [0.25, 0.3) is 0 Å². The summed E-state index contributed by atoms with van der Waals surface area (Å²) in [5.41, 5.74) is 1.30.